The van der Waals surface area contributed by atoms with E-state index in [4.69, 9.17) is 4.74 Å². The monoisotopic (exact) mass is 356 g/mol. The first kappa shape index (κ1) is 18.5. The molecule has 3 nitrogen and oxygen atoms in total. The van der Waals surface area contributed by atoms with Crippen LogP contribution in [0.1, 0.15) is 60.8 Å². The van der Waals surface area contributed by atoms with Crippen LogP contribution in [0.5, 0.6) is 0 Å². The van der Waals surface area contributed by atoms with Gasteiger partial charge in [-0.2, -0.15) is 0 Å². The first-order valence-corrected chi connectivity index (χ1v) is 10.7. The van der Waals surface area contributed by atoms with Crippen LogP contribution < -0.4 is 0 Å². The minimum absolute atomic E-state index is 0.0779. The molecule has 0 N–H and O–H groups in total. The Morgan fingerprint density at radius 3 is 2.54 bits per heavy atom. The van der Waals surface area contributed by atoms with Crippen LogP contribution >= 0.6 is 0 Å². The predicted molar refractivity (Wildman–Crippen MR) is 108 cm³/mol. The minimum atomic E-state index is 0.0779. The van der Waals surface area contributed by atoms with Gasteiger partial charge in [-0.15, -0.1) is 0 Å². The van der Waals surface area contributed by atoms with Gasteiger partial charge in [0.15, 0.2) is 0 Å². The lowest BCUT2D eigenvalue weighted by atomic mass is 9.78. The third-order valence-corrected chi connectivity index (χ3v) is 7.15. The van der Waals surface area contributed by atoms with Crippen molar-refractivity contribution in [3.05, 3.63) is 34.4 Å². The topological polar surface area (TPSA) is 15.7 Å². The molecule has 3 aliphatic rings. The summed E-state index contributed by atoms with van der Waals surface area (Å²) in [5.74, 6) is 0. The van der Waals surface area contributed by atoms with Gasteiger partial charge in [0.25, 0.3) is 0 Å². The molecule has 1 aromatic carbocycles. The van der Waals surface area contributed by atoms with Crippen molar-refractivity contribution in [3.8, 4) is 0 Å². The third kappa shape index (κ3) is 3.58. The molecule has 0 amide bonds. The smallest absolute Gasteiger partial charge is 0.0963 e. The average molecular weight is 357 g/mol. The largest absolute Gasteiger partial charge is 0.371 e. The van der Waals surface area contributed by atoms with Gasteiger partial charge < -0.3 is 4.74 Å². The quantitative estimate of drug-likeness (QED) is 0.806. The van der Waals surface area contributed by atoms with Crippen molar-refractivity contribution in [1.29, 1.82) is 0 Å². The summed E-state index contributed by atoms with van der Waals surface area (Å²) in [6.45, 7) is 13.5. The molecule has 2 heterocycles. The molecule has 2 atom stereocenters. The summed E-state index contributed by atoms with van der Waals surface area (Å²) in [6.07, 6.45) is 8.03. The molecule has 1 aliphatic carbocycles. The number of hydrogen-bond acceptors (Lipinski definition) is 3. The molecule has 1 spiro atoms. The first-order chi connectivity index (χ1) is 12.6. The van der Waals surface area contributed by atoms with E-state index in [2.05, 4.69) is 42.7 Å². The lowest BCUT2D eigenvalue weighted by Crippen LogP contribution is -2.63. The zero-order valence-electron chi connectivity index (χ0n) is 17.0. The van der Waals surface area contributed by atoms with E-state index in [1.807, 2.05) is 0 Å². The maximum Gasteiger partial charge on any atom is 0.0963 e. The van der Waals surface area contributed by atoms with E-state index in [1.165, 1.54) is 73.9 Å². The summed E-state index contributed by atoms with van der Waals surface area (Å²) < 4.78 is 6.59. The van der Waals surface area contributed by atoms with E-state index in [0.717, 1.165) is 26.2 Å². The normalized spacial score (nSPS) is 31.0. The van der Waals surface area contributed by atoms with Crippen molar-refractivity contribution in [2.45, 2.75) is 77.5 Å². The van der Waals surface area contributed by atoms with Gasteiger partial charge in [-0.25, -0.2) is 0 Å². The standard InChI is InChI=1S/C23H36N2O/c1-18-14-20(3)21(15-19(18)2)16-24-12-13-26-23(17-24)9-5-4-8-22(23)25-10-6-7-11-25/h14-15,22H,4-13,16-17H2,1-3H3. The second-order valence-corrected chi connectivity index (χ2v) is 8.99. The number of nitrogens with zero attached hydrogens (tertiary/aromatic N) is 2. The summed E-state index contributed by atoms with van der Waals surface area (Å²) in [5.41, 5.74) is 5.84. The Balaban J connectivity index is 1.52. The SMILES string of the molecule is Cc1cc(C)c(CN2CCOC3(CCCCC3N3CCCC3)C2)cc1C. The van der Waals surface area contributed by atoms with Crippen molar-refractivity contribution in [3.63, 3.8) is 0 Å². The predicted octanol–water partition coefficient (Wildman–Crippen LogP) is 4.22. The molecule has 0 radical (unpaired) electrons. The number of hydrogen-bond donors (Lipinski definition) is 0. The molecule has 4 rings (SSSR count). The van der Waals surface area contributed by atoms with Gasteiger partial charge in [-0.1, -0.05) is 25.0 Å². The average Bonchev–Trinajstić information content (AvgIpc) is 3.14. The summed E-state index contributed by atoms with van der Waals surface area (Å²) >= 11 is 0. The Morgan fingerprint density at radius 2 is 1.73 bits per heavy atom. The van der Waals surface area contributed by atoms with Gasteiger partial charge in [0.2, 0.25) is 0 Å². The van der Waals surface area contributed by atoms with Gasteiger partial charge >= 0.3 is 0 Å². The van der Waals surface area contributed by atoms with Gasteiger partial charge in [-0.3, -0.25) is 9.80 Å². The van der Waals surface area contributed by atoms with Gasteiger partial charge in [0.1, 0.15) is 0 Å². The molecular formula is C23H36N2O. The highest BCUT2D eigenvalue weighted by Gasteiger charge is 2.47. The first-order valence-electron chi connectivity index (χ1n) is 10.7. The second-order valence-electron chi connectivity index (χ2n) is 8.99. The van der Waals surface area contributed by atoms with Crippen LogP contribution in [-0.4, -0.2) is 54.2 Å². The lowest BCUT2D eigenvalue weighted by Gasteiger charge is -2.52. The third-order valence-electron chi connectivity index (χ3n) is 7.15. The van der Waals surface area contributed by atoms with Crippen LogP contribution in [0, 0.1) is 20.8 Å². The van der Waals surface area contributed by atoms with Crippen molar-refractivity contribution >= 4 is 0 Å². The number of likely N-dealkylation sites (tertiary alicyclic amines) is 1. The van der Waals surface area contributed by atoms with Crippen molar-refractivity contribution in [2.75, 3.05) is 32.8 Å². The Morgan fingerprint density at radius 1 is 0.962 bits per heavy atom. The van der Waals surface area contributed by atoms with Gasteiger partial charge in [0.05, 0.1) is 12.2 Å². The fraction of sp³-hybridized carbons (Fsp3) is 0.739. The molecule has 1 saturated carbocycles. The molecule has 2 unspecified atom stereocenters. The molecule has 0 bridgehead atoms. The van der Waals surface area contributed by atoms with E-state index >= 15 is 0 Å². The van der Waals surface area contributed by atoms with E-state index in [9.17, 15) is 0 Å². The number of morpholine rings is 1. The van der Waals surface area contributed by atoms with E-state index in [0.29, 0.717) is 6.04 Å². The van der Waals surface area contributed by atoms with Crippen LogP contribution in [0.2, 0.25) is 0 Å². The van der Waals surface area contributed by atoms with Crippen LogP contribution in [0.25, 0.3) is 0 Å². The second kappa shape index (κ2) is 7.61. The molecule has 3 fully saturated rings. The van der Waals surface area contributed by atoms with Gasteiger partial charge in [0, 0.05) is 25.7 Å². The molecule has 3 heteroatoms. The van der Waals surface area contributed by atoms with Crippen LogP contribution in [-0.2, 0) is 11.3 Å². The molecule has 144 valence electrons. The maximum absolute atomic E-state index is 6.59. The maximum atomic E-state index is 6.59. The van der Waals surface area contributed by atoms with E-state index in [-0.39, 0.29) is 5.60 Å². The fourth-order valence-electron chi connectivity index (χ4n) is 5.56. The van der Waals surface area contributed by atoms with E-state index < -0.39 is 0 Å². The molecule has 2 saturated heterocycles. The number of benzene rings is 1. The number of ether oxygens (including phenoxy) is 1. The fourth-order valence-corrected chi connectivity index (χ4v) is 5.56. The summed E-state index contributed by atoms with van der Waals surface area (Å²) in [7, 11) is 0. The van der Waals surface area contributed by atoms with E-state index in [1.54, 1.807) is 0 Å². The van der Waals surface area contributed by atoms with Crippen molar-refractivity contribution in [1.82, 2.24) is 9.80 Å². The molecule has 2 aliphatic heterocycles. The summed E-state index contributed by atoms with van der Waals surface area (Å²) in [4.78, 5) is 5.43. The lowest BCUT2D eigenvalue weighted by molar-refractivity contribution is -0.165. The molecule has 0 aromatic heterocycles. The number of aryl methyl sites for hydroxylation is 3. The summed E-state index contributed by atoms with van der Waals surface area (Å²) in [5, 5.41) is 0. The Kier molecular flexibility index (Phi) is 5.41. The van der Waals surface area contributed by atoms with Crippen LogP contribution in [0.15, 0.2) is 12.1 Å². The zero-order chi connectivity index (χ0) is 18.1. The molecule has 26 heavy (non-hydrogen) atoms. The molecule has 1 aromatic rings. The zero-order valence-corrected chi connectivity index (χ0v) is 17.0. The Labute approximate surface area is 159 Å². The highest BCUT2D eigenvalue weighted by molar-refractivity contribution is 5.36. The van der Waals surface area contributed by atoms with Crippen LogP contribution in [0.3, 0.4) is 0 Å². The Hall–Kier alpha value is -0.900. The summed E-state index contributed by atoms with van der Waals surface area (Å²) in [6, 6.07) is 5.41. The minimum Gasteiger partial charge on any atom is -0.371 e. The highest BCUT2D eigenvalue weighted by atomic mass is 16.5. The number of rotatable bonds is 3. The van der Waals surface area contributed by atoms with Crippen molar-refractivity contribution < 1.29 is 4.74 Å². The van der Waals surface area contributed by atoms with Gasteiger partial charge in [-0.05, 0) is 81.8 Å². The Bertz CT molecular complexity index is 633. The van der Waals surface area contributed by atoms with Crippen molar-refractivity contribution in [2.24, 2.45) is 0 Å². The highest BCUT2D eigenvalue weighted by Crippen LogP contribution is 2.39. The molecular weight excluding hydrogens is 320 g/mol. The van der Waals surface area contributed by atoms with Crippen LogP contribution in [0.4, 0.5) is 0 Å².